The highest BCUT2D eigenvalue weighted by Crippen LogP contribution is 2.38. The number of ether oxygens (including phenoxy) is 1. The molecule has 2 aromatic rings. The predicted molar refractivity (Wildman–Crippen MR) is 82.1 cm³/mol. The number of amides is 1. The quantitative estimate of drug-likeness (QED) is 0.903. The summed E-state index contributed by atoms with van der Waals surface area (Å²) in [6, 6.07) is 12.8. The van der Waals surface area contributed by atoms with Crippen molar-refractivity contribution < 1.29 is 9.53 Å². The molecule has 1 amide bonds. The van der Waals surface area contributed by atoms with Crippen molar-refractivity contribution in [3.05, 3.63) is 52.5 Å². The minimum Gasteiger partial charge on any atom is -0.497 e. The van der Waals surface area contributed by atoms with E-state index in [9.17, 15) is 4.79 Å². The predicted octanol–water partition coefficient (Wildman–Crippen LogP) is 3.56. The summed E-state index contributed by atoms with van der Waals surface area (Å²) in [6.07, 6.45) is 0. The number of anilines is 2. The molecule has 5 heteroatoms. The Morgan fingerprint density at radius 3 is 2.85 bits per heavy atom. The van der Waals surface area contributed by atoms with Crippen molar-refractivity contribution in [3.8, 4) is 5.75 Å². The second-order valence-corrected chi connectivity index (χ2v) is 5.35. The van der Waals surface area contributed by atoms with Gasteiger partial charge in [-0.15, -0.1) is 0 Å². The SMILES string of the molecule is COc1cccc(NC2C(=O)Nc3cccc(Br)c32)c1. The van der Waals surface area contributed by atoms with Crippen LogP contribution in [-0.4, -0.2) is 13.0 Å². The third-order valence-electron chi connectivity index (χ3n) is 3.24. The summed E-state index contributed by atoms with van der Waals surface area (Å²) in [6.45, 7) is 0. The fourth-order valence-electron chi connectivity index (χ4n) is 2.29. The van der Waals surface area contributed by atoms with E-state index in [1.807, 2.05) is 42.5 Å². The minimum absolute atomic E-state index is 0.0604. The highest BCUT2D eigenvalue weighted by atomic mass is 79.9. The maximum Gasteiger partial charge on any atom is 0.251 e. The summed E-state index contributed by atoms with van der Waals surface area (Å²) in [5.74, 6) is 0.690. The Kier molecular flexibility index (Phi) is 3.36. The van der Waals surface area contributed by atoms with Crippen molar-refractivity contribution in [2.24, 2.45) is 0 Å². The molecular weight excluding hydrogens is 320 g/mol. The Morgan fingerprint density at radius 2 is 2.05 bits per heavy atom. The van der Waals surface area contributed by atoms with Crippen molar-refractivity contribution in [2.45, 2.75) is 6.04 Å². The van der Waals surface area contributed by atoms with E-state index in [1.165, 1.54) is 0 Å². The molecule has 0 fully saturated rings. The Bertz CT molecular complexity index is 673. The largest absolute Gasteiger partial charge is 0.497 e. The minimum atomic E-state index is -0.410. The lowest BCUT2D eigenvalue weighted by Gasteiger charge is -2.14. The molecule has 0 saturated carbocycles. The van der Waals surface area contributed by atoms with E-state index < -0.39 is 6.04 Å². The average Bonchev–Trinajstić information content (AvgIpc) is 2.77. The summed E-state index contributed by atoms with van der Waals surface area (Å²) in [5.41, 5.74) is 2.61. The molecule has 20 heavy (non-hydrogen) atoms. The summed E-state index contributed by atoms with van der Waals surface area (Å²) < 4.78 is 6.10. The molecule has 0 saturated heterocycles. The molecular formula is C15H13BrN2O2. The van der Waals surface area contributed by atoms with E-state index in [-0.39, 0.29) is 5.91 Å². The zero-order valence-electron chi connectivity index (χ0n) is 10.8. The topological polar surface area (TPSA) is 50.4 Å². The monoisotopic (exact) mass is 332 g/mol. The lowest BCUT2D eigenvalue weighted by Crippen LogP contribution is -2.19. The van der Waals surface area contributed by atoms with E-state index in [2.05, 4.69) is 26.6 Å². The zero-order valence-corrected chi connectivity index (χ0v) is 12.4. The summed E-state index contributed by atoms with van der Waals surface area (Å²) >= 11 is 3.50. The van der Waals surface area contributed by atoms with Crippen LogP contribution in [0.5, 0.6) is 5.75 Å². The normalized spacial score (nSPS) is 16.5. The third kappa shape index (κ3) is 2.25. The second-order valence-electron chi connectivity index (χ2n) is 4.50. The lowest BCUT2D eigenvalue weighted by molar-refractivity contribution is -0.116. The van der Waals surface area contributed by atoms with E-state index >= 15 is 0 Å². The number of rotatable bonds is 3. The summed E-state index contributed by atoms with van der Waals surface area (Å²) in [5, 5.41) is 6.11. The fourth-order valence-corrected chi connectivity index (χ4v) is 2.89. The molecule has 2 aromatic carbocycles. The van der Waals surface area contributed by atoms with Gasteiger partial charge in [0.1, 0.15) is 11.8 Å². The van der Waals surface area contributed by atoms with Gasteiger partial charge in [-0.3, -0.25) is 4.79 Å². The number of carbonyl (C=O) groups is 1. The standard InChI is InChI=1S/C15H13BrN2O2/c1-20-10-5-2-4-9(8-10)17-14-13-11(16)6-3-7-12(13)18-15(14)19/h2-8,14,17H,1H3,(H,18,19). The van der Waals surface area contributed by atoms with Gasteiger partial charge in [0, 0.05) is 27.5 Å². The number of fused-ring (bicyclic) bond motifs is 1. The maximum atomic E-state index is 12.1. The molecule has 102 valence electrons. The van der Waals surface area contributed by atoms with Crippen LogP contribution in [0.4, 0.5) is 11.4 Å². The number of benzene rings is 2. The zero-order chi connectivity index (χ0) is 14.1. The second kappa shape index (κ2) is 5.17. The molecule has 2 N–H and O–H groups in total. The van der Waals surface area contributed by atoms with Crippen molar-refractivity contribution >= 4 is 33.2 Å². The first-order chi connectivity index (χ1) is 9.69. The Balaban J connectivity index is 1.94. The van der Waals surface area contributed by atoms with Gasteiger partial charge in [-0.2, -0.15) is 0 Å². The van der Waals surface area contributed by atoms with E-state index in [0.717, 1.165) is 27.2 Å². The van der Waals surface area contributed by atoms with E-state index in [1.54, 1.807) is 7.11 Å². The molecule has 0 aliphatic carbocycles. The molecule has 0 aromatic heterocycles. The fraction of sp³-hybridized carbons (Fsp3) is 0.133. The van der Waals surface area contributed by atoms with Crippen molar-refractivity contribution in [1.29, 1.82) is 0 Å². The molecule has 1 aliphatic rings. The van der Waals surface area contributed by atoms with Gasteiger partial charge in [-0.1, -0.05) is 28.1 Å². The molecule has 0 bridgehead atoms. The van der Waals surface area contributed by atoms with Gasteiger partial charge in [-0.05, 0) is 24.3 Å². The van der Waals surface area contributed by atoms with Crippen LogP contribution < -0.4 is 15.4 Å². The van der Waals surface area contributed by atoms with Crippen LogP contribution in [0.3, 0.4) is 0 Å². The maximum absolute atomic E-state index is 12.1. The Hall–Kier alpha value is -2.01. The molecule has 1 heterocycles. The number of methoxy groups -OCH3 is 1. The van der Waals surface area contributed by atoms with Crippen molar-refractivity contribution in [3.63, 3.8) is 0 Å². The van der Waals surface area contributed by atoms with Gasteiger partial charge in [0.15, 0.2) is 0 Å². The van der Waals surface area contributed by atoms with Crippen LogP contribution >= 0.6 is 15.9 Å². The van der Waals surface area contributed by atoms with Crippen LogP contribution in [0.2, 0.25) is 0 Å². The molecule has 4 nitrogen and oxygen atoms in total. The first-order valence-electron chi connectivity index (χ1n) is 6.19. The highest BCUT2D eigenvalue weighted by molar-refractivity contribution is 9.10. The van der Waals surface area contributed by atoms with Gasteiger partial charge in [-0.25, -0.2) is 0 Å². The summed E-state index contributed by atoms with van der Waals surface area (Å²) in [7, 11) is 1.62. The molecule has 0 spiro atoms. The smallest absolute Gasteiger partial charge is 0.251 e. The van der Waals surface area contributed by atoms with Crippen LogP contribution in [0.1, 0.15) is 11.6 Å². The van der Waals surface area contributed by atoms with Crippen LogP contribution in [0, 0.1) is 0 Å². The third-order valence-corrected chi connectivity index (χ3v) is 3.93. The van der Waals surface area contributed by atoms with Crippen LogP contribution in [0.15, 0.2) is 46.9 Å². The van der Waals surface area contributed by atoms with Gasteiger partial charge in [0.05, 0.1) is 7.11 Å². The van der Waals surface area contributed by atoms with Gasteiger partial charge >= 0.3 is 0 Å². The first kappa shape index (κ1) is 13.0. The van der Waals surface area contributed by atoms with Gasteiger partial charge < -0.3 is 15.4 Å². The first-order valence-corrected chi connectivity index (χ1v) is 6.98. The lowest BCUT2D eigenvalue weighted by atomic mass is 10.1. The highest BCUT2D eigenvalue weighted by Gasteiger charge is 2.32. The number of carbonyl (C=O) groups excluding carboxylic acids is 1. The molecule has 1 atom stereocenters. The number of hydrogen-bond donors (Lipinski definition) is 2. The average molecular weight is 333 g/mol. The Labute approximate surface area is 125 Å². The Morgan fingerprint density at radius 1 is 1.25 bits per heavy atom. The molecule has 3 rings (SSSR count). The number of hydrogen-bond acceptors (Lipinski definition) is 3. The number of halogens is 1. The number of nitrogens with one attached hydrogen (secondary N) is 2. The molecule has 0 radical (unpaired) electrons. The summed E-state index contributed by atoms with van der Waals surface area (Å²) in [4.78, 5) is 12.1. The van der Waals surface area contributed by atoms with E-state index in [4.69, 9.17) is 4.74 Å². The molecule has 1 aliphatic heterocycles. The molecule has 1 unspecified atom stereocenters. The van der Waals surface area contributed by atoms with Gasteiger partial charge in [0.2, 0.25) is 0 Å². The van der Waals surface area contributed by atoms with Gasteiger partial charge in [0.25, 0.3) is 5.91 Å². The van der Waals surface area contributed by atoms with E-state index in [0.29, 0.717) is 0 Å². The van der Waals surface area contributed by atoms with Crippen molar-refractivity contribution in [1.82, 2.24) is 0 Å². The van der Waals surface area contributed by atoms with Crippen LogP contribution in [-0.2, 0) is 4.79 Å². The van der Waals surface area contributed by atoms with Crippen LogP contribution in [0.25, 0.3) is 0 Å². The van der Waals surface area contributed by atoms with Crippen molar-refractivity contribution in [2.75, 3.05) is 17.7 Å².